The number of hydrogen-bond acceptors (Lipinski definition) is 2. The number of hydrogen-bond donors (Lipinski definition) is 1. The average Bonchev–Trinajstić information content (AvgIpc) is 2.04. The first-order valence-corrected chi connectivity index (χ1v) is 3.85. The average molecular weight is 165 g/mol. The number of pyridine rings is 1. The van der Waals surface area contributed by atoms with Crippen molar-refractivity contribution >= 4 is 5.97 Å². The summed E-state index contributed by atoms with van der Waals surface area (Å²) in [5, 5.41) is 8.61. The maximum Gasteiger partial charge on any atom is 0.354 e. The van der Waals surface area contributed by atoms with Crippen molar-refractivity contribution in [1.82, 2.24) is 4.98 Å². The number of aryl methyl sites for hydroxylation is 2. The summed E-state index contributed by atoms with van der Waals surface area (Å²) in [5.74, 6) is -0.972. The first-order valence-electron chi connectivity index (χ1n) is 3.85. The Bertz CT molecular complexity index is 307. The molecular weight excluding hydrogens is 154 g/mol. The van der Waals surface area contributed by atoms with E-state index in [-0.39, 0.29) is 5.69 Å². The molecule has 3 heteroatoms. The summed E-state index contributed by atoms with van der Waals surface area (Å²) in [4.78, 5) is 14.4. The van der Waals surface area contributed by atoms with E-state index in [2.05, 4.69) is 4.98 Å². The molecule has 0 aliphatic rings. The second-order valence-electron chi connectivity index (χ2n) is 2.60. The van der Waals surface area contributed by atoms with Gasteiger partial charge >= 0.3 is 5.97 Å². The fourth-order valence-corrected chi connectivity index (χ4v) is 1.08. The Labute approximate surface area is 71.1 Å². The molecule has 12 heavy (non-hydrogen) atoms. The van der Waals surface area contributed by atoms with Crippen molar-refractivity contribution in [3.05, 3.63) is 29.1 Å². The number of carboxylic acid groups (broad SMARTS) is 1. The van der Waals surface area contributed by atoms with Crippen LogP contribution in [0.25, 0.3) is 0 Å². The van der Waals surface area contributed by atoms with Crippen LogP contribution in [0.15, 0.2) is 12.1 Å². The van der Waals surface area contributed by atoms with Gasteiger partial charge in [-0.15, -0.1) is 0 Å². The Morgan fingerprint density at radius 3 is 2.67 bits per heavy atom. The van der Waals surface area contributed by atoms with Gasteiger partial charge in [-0.25, -0.2) is 9.78 Å². The second-order valence-corrected chi connectivity index (χ2v) is 2.60. The highest BCUT2D eigenvalue weighted by Crippen LogP contribution is 2.07. The minimum atomic E-state index is -0.972. The van der Waals surface area contributed by atoms with Gasteiger partial charge in [-0.3, -0.25) is 0 Å². The molecule has 0 amide bonds. The van der Waals surface area contributed by atoms with Gasteiger partial charge < -0.3 is 5.11 Å². The first kappa shape index (κ1) is 8.71. The van der Waals surface area contributed by atoms with Crippen molar-refractivity contribution in [2.24, 2.45) is 0 Å². The molecule has 0 aromatic carbocycles. The lowest BCUT2D eigenvalue weighted by atomic mass is 10.1. The molecule has 0 aliphatic heterocycles. The number of carbonyl (C=O) groups is 1. The number of aromatic carboxylic acids is 1. The molecule has 0 spiro atoms. The largest absolute Gasteiger partial charge is 0.477 e. The second kappa shape index (κ2) is 3.34. The van der Waals surface area contributed by atoms with E-state index in [1.807, 2.05) is 19.9 Å². The van der Waals surface area contributed by atoms with Gasteiger partial charge in [0.25, 0.3) is 0 Å². The highest BCUT2D eigenvalue weighted by molar-refractivity contribution is 5.85. The van der Waals surface area contributed by atoms with E-state index in [9.17, 15) is 4.79 Å². The third kappa shape index (κ3) is 1.61. The Hall–Kier alpha value is -1.38. The maximum absolute atomic E-state index is 10.5. The smallest absolute Gasteiger partial charge is 0.354 e. The topological polar surface area (TPSA) is 50.2 Å². The molecule has 0 saturated heterocycles. The van der Waals surface area contributed by atoms with Crippen LogP contribution in [-0.4, -0.2) is 16.1 Å². The predicted octanol–water partition coefficient (Wildman–Crippen LogP) is 1.65. The van der Waals surface area contributed by atoms with Crippen LogP contribution in [0.3, 0.4) is 0 Å². The van der Waals surface area contributed by atoms with E-state index in [1.165, 1.54) is 6.07 Å². The molecule has 1 aromatic heterocycles. The molecule has 1 rings (SSSR count). The summed E-state index contributed by atoms with van der Waals surface area (Å²) >= 11 is 0. The number of carboxylic acids is 1. The van der Waals surface area contributed by atoms with E-state index in [1.54, 1.807) is 0 Å². The highest BCUT2D eigenvalue weighted by Gasteiger charge is 2.05. The quantitative estimate of drug-likeness (QED) is 0.724. The van der Waals surface area contributed by atoms with Crippen molar-refractivity contribution in [3.8, 4) is 0 Å². The summed E-state index contributed by atoms with van der Waals surface area (Å²) in [5.41, 5.74) is 2.02. The first-order chi connectivity index (χ1) is 5.65. The zero-order valence-electron chi connectivity index (χ0n) is 7.16. The molecule has 3 nitrogen and oxygen atoms in total. The molecule has 0 unspecified atom stereocenters. The minimum Gasteiger partial charge on any atom is -0.477 e. The summed E-state index contributed by atoms with van der Waals surface area (Å²) < 4.78 is 0. The fourth-order valence-electron chi connectivity index (χ4n) is 1.08. The van der Waals surface area contributed by atoms with E-state index in [0.717, 1.165) is 17.7 Å². The zero-order valence-corrected chi connectivity index (χ0v) is 7.16. The van der Waals surface area contributed by atoms with Gasteiger partial charge in [-0.2, -0.15) is 0 Å². The predicted molar refractivity (Wildman–Crippen MR) is 45.3 cm³/mol. The summed E-state index contributed by atoms with van der Waals surface area (Å²) in [7, 11) is 0. The lowest BCUT2D eigenvalue weighted by molar-refractivity contribution is 0.0690. The van der Waals surface area contributed by atoms with Gasteiger partial charge in [0.15, 0.2) is 0 Å². The van der Waals surface area contributed by atoms with Crippen LogP contribution in [0.1, 0.15) is 28.7 Å². The molecule has 1 aromatic rings. The minimum absolute atomic E-state index is 0.115. The molecule has 0 aliphatic carbocycles. The zero-order chi connectivity index (χ0) is 9.14. The summed E-state index contributed by atoms with van der Waals surface area (Å²) in [6, 6.07) is 3.35. The lowest BCUT2D eigenvalue weighted by Gasteiger charge is -2.01. The van der Waals surface area contributed by atoms with E-state index in [4.69, 9.17) is 5.11 Å². The van der Waals surface area contributed by atoms with Gasteiger partial charge in [-0.05, 0) is 25.0 Å². The monoisotopic (exact) mass is 165 g/mol. The van der Waals surface area contributed by atoms with Crippen molar-refractivity contribution in [2.45, 2.75) is 20.3 Å². The Morgan fingerprint density at radius 1 is 1.58 bits per heavy atom. The molecule has 0 saturated carbocycles. The Balaban J connectivity index is 3.10. The van der Waals surface area contributed by atoms with Gasteiger partial charge in [0.1, 0.15) is 5.69 Å². The lowest BCUT2D eigenvalue weighted by Crippen LogP contribution is -2.02. The van der Waals surface area contributed by atoms with E-state index in [0.29, 0.717) is 0 Å². The van der Waals surface area contributed by atoms with Crippen LogP contribution in [0.2, 0.25) is 0 Å². The normalized spacial score (nSPS) is 9.83. The third-order valence-electron chi connectivity index (χ3n) is 1.80. The number of nitrogens with zero attached hydrogens (tertiary/aromatic N) is 1. The molecular formula is C9H11NO2. The summed E-state index contributed by atoms with van der Waals surface area (Å²) in [6.45, 7) is 3.84. The van der Waals surface area contributed by atoms with Crippen LogP contribution in [0.4, 0.5) is 0 Å². The molecule has 1 heterocycles. The maximum atomic E-state index is 10.5. The van der Waals surface area contributed by atoms with Crippen molar-refractivity contribution in [2.75, 3.05) is 0 Å². The Kier molecular flexibility index (Phi) is 2.43. The molecule has 1 N–H and O–H groups in total. The van der Waals surface area contributed by atoms with Crippen molar-refractivity contribution < 1.29 is 9.90 Å². The number of rotatable bonds is 2. The van der Waals surface area contributed by atoms with Gasteiger partial charge in [0, 0.05) is 5.69 Å². The van der Waals surface area contributed by atoms with Gasteiger partial charge in [-0.1, -0.05) is 13.0 Å². The molecule has 64 valence electrons. The van der Waals surface area contributed by atoms with Crippen LogP contribution in [-0.2, 0) is 6.42 Å². The molecule has 0 atom stereocenters. The summed E-state index contributed by atoms with van der Waals surface area (Å²) in [6.07, 6.45) is 0.888. The van der Waals surface area contributed by atoms with Crippen molar-refractivity contribution in [3.63, 3.8) is 0 Å². The van der Waals surface area contributed by atoms with E-state index < -0.39 is 5.97 Å². The van der Waals surface area contributed by atoms with Gasteiger partial charge in [0.2, 0.25) is 0 Å². The Morgan fingerprint density at radius 2 is 2.25 bits per heavy atom. The fraction of sp³-hybridized carbons (Fsp3) is 0.333. The molecule has 0 bridgehead atoms. The molecule has 0 fully saturated rings. The van der Waals surface area contributed by atoms with Crippen LogP contribution in [0, 0.1) is 6.92 Å². The van der Waals surface area contributed by atoms with Crippen LogP contribution < -0.4 is 0 Å². The standard InChI is InChI=1S/C9H11NO2/c1-3-7-4-5-8(9(11)12)10-6(7)2/h4-5H,3H2,1-2H3,(H,11,12). The van der Waals surface area contributed by atoms with Crippen LogP contribution >= 0.6 is 0 Å². The van der Waals surface area contributed by atoms with Crippen LogP contribution in [0.5, 0.6) is 0 Å². The number of aromatic nitrogens is 1. The van der Waals surface area contributed by atoms with E-state index >= 15 is 0 Å². The SMILES string of the molecule is CCc1ccc(C(=O)O)nc1C. The van der Waals surface area contributed by atoms with Crippen molar-refractivity contribution in [1.29, 1.82) is 0 Å². The molecule has 0 radical (unpaired) electrons. The highest BCUT2D eigenvalue weighted by atomic mass is 16.4. The third-order valence-corrected chi connectivity index (χ3v) is 1.80. The van der Waals surface area contributed by atoms with Gasteiger partial charge in [0.05, 0.1) is 0 Å².